The molecule has 1 amide bonds. The van der Waals surface area contributed by atoms with Crippen LogP contribution < -0.4 is 23.8 Å². The van der Waals surface area contributed by atoms with Crippen molar-refractivity contribution in [3.8, 4) is 23.0 Å². The average Bonchev–Trinajstić information content (AvgIpc) is 3.54. The molecule has 1 fully saturated rings. The first kappa shape index (κ1) is 28.5. The summed E-state index contributed by atoms with van der Waals surface area (Å²) in [6, 6.07) is 13.0. The molecule has 2 aliphatic rings. The van der Waals surface area contributed by atoms with Crippen LogP contribution in [0.4, 0.5) is 9.52 Å². The third-order valence-corrected chi connectivity index (χ3v) is 8.16. The smallest absolute Gasteiger partial charge is 0.301 e. The van der Waals surface area contributed by atoms with Gasteiger partial charge in [-0.05, 0) is 67.4 Å². The maximum Gasteiger partial charge on any atom is 0.301 e. The number of benzene rings is 3. The molecule has 3 aromatic carbocycles. The number of fused-ring (bicyclic) bond motifs is 2. The molecule has 1 unspecified atom stereocenters. The van der Waals surface area contributed by atoms with Crippen molar-refractivity contribution in [3.63, 3.8) is 0 Å². The molecule has 0 bridgehead atoms. The number of anilines is 1. The van der Waals surface area contributed by atoms with Gasteiger partial charge in [0.15, 0.2) is 28.1 Å². The van der Waals surface area contributed by atoms with Crippen LogP contribution in [0.15, 0.2) is 60.2 Å². The Morgan fingerprint density at radius 1 is 1.02 bits per heavy atom. The fourth-order valence-corrected chi connectivity index (χ4v) is 6.11. The predicted octanol–water partition coefficient (Wildman–Crippen LogP) is 6.41. The summed E-state index contributed by atoms with van der Waals surface area (Å²) in [6.45, 7) is 5.51. The molecule has 11 heteroatoms. The fourth-order valence-electron chi connectivity index (χ4n) is 5.09. The number of halogens is 1. The van der Waals surface area contributed by atoms with Gasteiger partial charge in [-0.1, -0.05) is 30.7 Å². The molecule has 4 aromatic rings. The number of hydrogen-bond acceptors (Lipinski definition) is 9. The standard InChI is InChI=1S/C32H29FN2O7S/c1-3-5-12-40-22-10-6-18(15-24(22)39-4-2)28-27(29(36)19-7-11-23-25(16-19)42-14-13-41-23)30(37)31(38)35(28)32-34-21-9-8-20(33)17-26(21)43-32/h6-11,15-17,28,36H,3-5,12-14H2,1-2H3/b29-27+. The molecule has 0 saturated carbocycles. The Hall–Kier alpha value is -4.64. The number of thiazole rings is 1. The lowest BCUT2D eigenvalue weighted by Crippen LogP contribution is -2.29. The van der Waals surface area contributed by atoms with Crippen molar-refractivity contribution in [2.24, 2.45) is 0 Å². The van der Waals surface area contributed by atoms with Crippen LogP contribution in [0.1, 0.15) is 43.9 Å². The molecular formula is C32H29FN2O7S. The fraction of sp³-hybridized carbons (Fsp3) is 0.281. The predicted molar refractivity (Wildman–Crippen MR) is 160 cm³/mol. The van der Waals surface area contributed by atoms with Gasteiger partial charge in [0.1, 0.15) is 24.8 Å². The van der Waals surface area contributed by atoms with E-state index in [1.54, 1.807) is 36.4 Å². The summed E-state index contributed by atoms with van der Waals surface area (Å²) in [7, 11) is 0. The molecular weight excluding hydrogens is 575 g/mol. The first-order chi connectivity index (χ1) is 20.9. The van der Waals surface area contributed by atoms with Gasteiger partial charge in [-0.3, -0.25) is 14.5 Å². The Morgan fingerprint density at radius 3 is 2.63 bits per heavy atom. The molecule has 222 valence electrons. The summed E-state index contributed by atoms with van der Waals surface area (Å²) >= 11 is 1.08. The molecule has 2 aliphatic heterocycles. The number of ether oxygens (including phenoxy) is 4. The maximum atomic E-state index is 14.0. The van der Waals surface area contributed by atoms with Gasteiger partial charge in [-0.2, -0.15) is 0 Å². The molecule has 0 spiro atoms. The number of aliphatic hydroxyl groups is 1. The highest BCUT2D eigenvalue weighted by atomic mass is 32.1. The van der Waals surface area contributed by atoms with Crippen molar-refractivity contribution in [2.45, 2.75) is 32.7 Å². The lowest BCUT2D eigenvalue weighted by atomic mass is 9.95. The topological polar surface area (TPSA) is 107 Å². The minimum atomic E-state index is -1.07. The maximum absolute atomic E-state index is 14.0. The summed E-state index contributed by atoms with van der Waals surface area (Å²) in [4.78, 5) is 33.2. The van der Waals surface area contributed by atoms with Gasteiger partial charge in [0.25, 0.3) is 5.78 Å². The van der Waals surface area contributed by atoms with Crippen LogP contribution in [-0.4, -0.2) is 48.2 Å². The minimum Gasteiger partial charge on any atom is -0.507 e. The van der Waals surface area contributed by atoms with E-state index in [0.29, 0.717) is 65.2 Å². The first-order valence-corrected chi connectivity index (χ1v) is 14.9. The Kier molecular flexibility index (Phi) is 7.90. The van der Waals surface area contributed by atoms with Crippen molar-refractivity contribution < 1.29 is 38.0 Å². The Morgan fingerprint density at radius 2 is 1.84 bits per heavy atom. The van der Waals surface area contributed by atoms with Crippen molar-refractivity contribution in [1.29, 1.82) is 0 Å². The van der Waals surface area contributed by atoms with Crippen molar-refractivity contribution in [2.75, 3.05) is 31.3 Å². The summed E-state index contributed by atoms with van der Waals surface area (Å²) in [6.07, 6.45) is 1.82. The number of unbranched alkanes of at least 4 members (excludes halogenated alkanes) is 1. The zero-order valence-corrected chi connectivity index (χ0v) is 24.4. The second-order valence-electron chi connectivity index (χ2n) is 9.98. The van der Waals surface area contributed by atoms with Crippen LogP contribution in [0.5, 0.6) is 23.0 Å². The number of carbonyl (C=O) groups is 2. The summed E-state index contributed by atoms with van der Waals surface area (Å²) in [5.74, 6) is -0.682. The number of Topliss-reactive ketones (excluding diaryl/α,β-unsaturated/α-hetero) is 1. The van der Waals surface area contributed by atoms with Gasteiger partial charge < -0.3 is 24.1 Å². The SMILES string of the molecule is CCCCOc1ccc(C2/C(=C(\O)c3ccc4c(c3)OCCO4)C(=O)C(=O)N2c2nc3ccc(F)cc3s2)cc1OCC. The summed E-state index contributed by atoms with van der Waals surface area (Å²) < 4.78 is 37.6. The molecule has 43 heavy (non-hydrogen) atoms. The zero-order valence-electron chi connectivity index (χ0n) is 23.6. The normalized spacial score (nSPS) is 17.5. The lowest BCUT2D eigenvalue weighted by molar-refractivity contribution is -0.132. The Labute approximate surface area is 251 Å². The van der Waals surface area contributed by atoms with Crippen LogP contribution in [0.3, 0.4) is 0 Å². The number of aromatic nitrogens is 1. The number of nitrogens with zero attached hydrogens (tertiary/aromatic N) is 2. The van der Waals surface area contributed by atoms with Gasteiger partial charge in [0, 0.05) is 5.56 Å². The van der Waals surface area contributed by atoms with Crippen LogP contribution >= 0.6 is 11.3 Å². The van der Waals surface area contributed by atoms with Gasteiger partial charge in [-0.15, -0.1) is 0 Å². The zero-order chi connectivity index (χ0) is 30.1. The monoisotopic (exact) mass is 604 g/mol. The van der Waals surface area contributed by atoms with E-state index in [2.05, 4.69) is 11.9 Å². The first-order valence-electron chi connectivity index (χ1n) is 14.1. The van der Waals surface area contributed by atoms with Gasteiger partial charge >= 0.3 is 5.91 Å². The van der Waals surface area contributed by atoms with Crippen molar-refractivity contribution >= 4 is 44.1 Å². The number of rotatable bonds is 9. The highest BCUT2D eigenvalue weighted by Gasteiger charge is 2.48. The van der Waals surface area contributed by atoms with E-state index in [9.17, 15) is 19.1 Å². The van der Waals surface area contributed by atoms with Crippen molar-refractivity contribution in [3.05, 3.63) is 77.1 Å². The van der Waals surface area contributed by atoms with Gasteiger partial charge in [0.05, 0.1) is 35.0 Å². The number of amides is 1. The van der Waals surface area contributed by atoms with Crippen molar-refractivity contribution in [1.82, 2.24) is 4.98 Å². The van der Waals surface area contributed by atoms with E-state index < -0.39 is 23.5 Å². The van der Waals surface area contributed by atoms with Gasteiger partial charge in [-0.25, -0.2) is 9.37 Å². The molecule has 1 N–H and O–H groups in total. The van der Waals surface area contributed by atoms with E-state index in [-0.39, 0.29) is 22.0 Å². The summed E-state index contributed by atoms with van der Waals surface area (Å²) in [5.41, 5.74) is 1.12. The van der Waals surface area contributed by atoms with Crippen LogP contribution in [0.25, 0.3) is 16.0 Å². The van der Waals surface area contributed by atoms with Crippen LogP contribution in [0, 0.1) is 5.82 Å². The van der Waals surface area contributed by atoms with E-state index >= 15 is 0 Å². The number of hydrogen-bond donors (Lipinski definition) is 1. The Bertz CT molecular complexity index is 1750. The molecule has 1 aromatic heterocycles. The van der Waals surface area contributed by atoms with E-state index in [0.717, 1.165) is 24.2 Å². The average molecular weight is 605 g/mol. The minimum absolute atomic E-state index is 0.130. The second-order valence-corrected chi connectivity index (χ2v) is 11.0. The van der Waals surface area contributed by atoms with Crippen LogP contribution in [0.2, 0.25) is 0 Å². The highest BCUT2D eigenvalue weighted by Crippen LogP contribution is 2.46. The molecule has 1 atom stereocenters. The second kappa shape index (κ2) is 11.9. The molecule has 0 radical (unpaired) electrons. The number of carbonyl (C=O) groups excluding carboxylic acids is 2. The molecule has 0 aliphatic carbocycles. The Balaban J connectivity index is 1.51. The molecule has 1 saturated heterocycles. The number of ketones is 1. The van der Waals surface area contributed by atoms with E-state index in [1.807, 2.05) is 6.92 Å². The molecule has 3 heterocycles. The van der Waals surface area contributed by atoms with E-state index in [1.165, 1.54) is 23.1 Å². The number of aliphatic hydroxyl groups excluding tert-OH is 1. The van der Waals surface area contributed by atoms with Gasteiger partial charge in [0.2, 0.25) is 0 Å². The largest absolute Gasteiger partial charge is 0.507 e. The highest BCUT2D eigenvalue weighted by molar-refractivity contribution is 7.22. The third-order valence-electron chi connectivity index (χ3n) is 7.14. The quantitative estimate of drug-likeness (QED) is 0.101. The molecule has 9 nitrogen and oxygen atoms in total. The molecule has 6 rings (SSSR count). The summed E-state index contributed by atoms with van der Waals surface area (Å²) in [5, 5.41) is 11.8. The lowest BCUT2D eigenvalue weighted by Gasteiger charge is -2.24. The van der Waals surface area contributed by atoms with E-state index in [4.69, 9.17) is 18.9 Å². The third kappa shape index (κ3) is 5.36. The van der Waals surface area contributed by atoms with Crippen LogP contribution in [-0.2, 0) is 9.59 Å².